The number of anilines is 1. The fourth-order valence-electron chi connectivity index (χ4n) is 5.11. The van der Waals surface area contributed by atoms with Crippen molar-refractivity contribution >= 4 is 54.4 Å². The van der Waals surface area contributed by atoms with Crippen LogP contribution in [0.3, 0.4) is 0 Å². The van der Waals surface area contributed by atoms with E-state index in [0.717, 1.165) is 19.0 Å². The molecule has 1 N–H and O–H groups in total. The lowest BCUT2D eigenvalue weighted by atomic mass is 10.1. The van der Waals surface area contributed by atoms with Crippen LogP contribution in [0.25, 0.3) is 22.2 Å². The number of piperidine rings is 1. The molecule has 1 saturated heterocycles. The molecular formula is C29H24BrN7O5S. The number of aromatic nitrogens is 4. The molecule has 0 aliphatic carbocycles. The van der Waals surface area contributed by atoms with Gasteiger partial charge in [-0.2, -0.15) is 0 Å². The number of carbonyl (C=O) groups is 1. The van der Waals surface area contributed by atoms with Gasteiger partial charge in [-0.25, -0.2) is 27.3 Å². The lowest BCUT2D eigenvalue weighted by Crippen LogP contribution is -2.45. The third-order valence-electron chi connectivity index (χ3n) is 7.20. The first-order chi connectivity index (χ1) is 20.7. The van der Waals surface area contributed by atoms with E-state index in [1.807, 2.05) is 12.1 Å². The number of nitrogens with zero attached hydrogens (tertiary/aromatic N) is 6. The summed E-state index contributed by atoms with van der Waals surface area (Å²) in [6.45, 7) is 0.887. The minimum Gasteiger partial charge on any atom is -0.350 e. The number of pyridine rings is 1. The van der Waals surface area contributed by atoms with Crippen LogP contribution in [0.5, 0.6) is 0 Å². The molecule has 1 fully saturated rings. The summed E-state index contributed by atoms with van der Waals surface area (Å²) in [5, 5.41) is 14.9. The van der Waals surface area contributed by atoms with Gasteiger partial charge in [0.05, 0.1) is 25.5 Å². The summed E-state index contributed by atoms with van der Waals surface area (Å²) >= 11 is 3.54. The molecule has 43 heavy (non-hydrogen) atoms. The second-order valence-electron chi connectivity index (χ2n) is 9.96. The highest BCUT2D eigenvalue weighted by Crippen LogP contribution is 2.36. The minimum absolute atomic E-state index is 0.135. The van der Waals surface area contributed by atoms with E-state index in [1.54, 1.807) is 59.8 Å². The van der Waals surface area contributed by atoms with Crippen LogP contribution in [0.4, 0.5) is 11.6 Å². The first-order valence-corrected chi connectivity index (χ1v) is 15.6. The van der Waals surface area contributed by atoms with Crippen LogP contribution < -0.4 is 5.32 Å². The number of amides is 1. The van der Waals surface area contributed by atoms with E-state index in [4.69, 9.17) is 4.98 Å². The second-order valence-corrected chi connectivity index (χ2v) is 12.6. The summed E-state index contributed by atoms with van der Waals surface area (Å²) in [6.07, 6.45) is 5.74. The van der Waals surface area contributed by atoms with Crippen LogP contribution in [-0.2, 0) is 10.0 Å². The quantitative estimate of drug-likeness (QED) is 0.185. The molecule has 5 aromatic rings. The van der Waals surface area contributed by atoms with Gasteiger partial charge in [0.25, 0.3) is 21.6 Å². The van der Waals surface area contributed by atoms with E-state index >= 15 is 0 Å². The van der Waals surface area contributed by atoms with Crippen molar-refractivity contribution in [2.45, 2.75) is 23.8 Å². The van der Waals surface area contributed by atoms with E-state index in [9.17, 15) is 23.3 Å². The van der Waals surface area contributed by atoms with Gasteiger partial charge in [0, 0.05) is 48.5 Å². The molecule has 218 valence electrons. The highest BCUT2D eigenvalue weighted by Gasteiger charge is 2.27. The van der Waals surface area contributed by atoms with Crippen molar-refractivity contribution in [1.82, 2.24) is 23.8 Å². The van der Waals surface area contributed by atoms with Crippen LogP contribution in [-0.4, -0.2) is 62.2 Å². The van der Waals surface area contributed by atoms with Crippen LogP contribution in [0.2, 0.25) is 0 Å². The normalized spacial score (nSPS) is 15.4. The topological polar surface area (TPSA) is 153 Å². The molecule has 0 bridgehead atoms. The molecule has 1 atom stereocenters. The van der Waals surface area contributed by atoms with Crippen molar-refractivity contribution in [3.63, 3.8) is 0 Å². The molecule has 0 unspecified atom stereocenters. The van der Waals surface area contributed by atoms with E-state index in [2.05, 4.69) is 31.2 Å². The number of rotatable bonds is 7. The zero-order valence-electron chi connectivity index (χ0n) is 22.5. The standard InChI is InChI=1S/C29H24BrN7O5S/c30-24-16-32-29(33-19-7-6-14-35(17-19)28(38)25-13-12-20(15-31-25)37(39)40)34-27(24)23-18-36(26-11-5-4-10-22(23)26)43(41,42)21-8-2-1-3-9-21/h1-5,8-13,15-16,18-19H,6-7,14,17H2,(H,32,33,34)/t19-/m1/s1. The second kappa shape index (κ2) is 11.5. The molecule has 12 nitrogen and oxygen atoms in total. The Kier molecular flexibility index (Phi) is 7.62. The van der Waals surface area contributed by atoms with Gasteiger partial charge in [-0.15, -0.1) is 0 Å². The number of hydrogen-bond acceptors (Lipinski definition) is 9. The van der Waals surface area contributed by atoms with Crippen molar-refractivity contribution < 1.29 is 18.1 Å². The molecule has 14 heteroatoms. The Balaban J connectivity index is 1.27. The molecule has 4 heterocycles. The van der Waals surface area contributed by atoms with E-state index in [1.165, 1.54) is 16.1 Å². The molecule has 2 aromatic carbocycles. The number of halogens is 1. The molecule has 0 spiro atoms. The molecule has 1 aliphatic heterocycles. The molecular weight excluding hydrogens is 638 g/mol. The Hall–Kier alpha value is -4.69. The largest absolute Gasteiger partial charge is 0.350 e. The number of fused-ring (bicyclic) bond motifs is 1. The lowest BCUT2D eigenvalue weighted by molar-refractivity contribution is -0.385. The molecule has 0 saturated carbocycles. The average molecular weight is 663 g/mol. The summed E-state index contributed by atoms with van der Waals surface area (Å²) in [5.74, 6) is 0.0138. The third-order valence-corrected chi connectivity index (χ3v) is 9.47. The fraction of sp³-hybridized carbons (Fsp3) is 0.172. The number of carbonyl (C=O) groups excluding carboxylic acids is 1. The molecule has 1 amide bonds. The minimum atomic E-state index is -3.88. The predicted octanol–water partition coefficient (Wildman–Crippen LogP) is 5.12. The highest BCUT2D eigenvalue weighted by atomic mass is 79.9. The molecule has 0 radical (unpaired) electrons. The van der Waals surface area contributed by atoms with Crippen LogP contribution in [0, 0.1) is 10.1 Å². The molecule has 3 aromatic heterocycles. The van der Waals surface area contributed by atoms with Crippen LogP contribution in [0.1, 0.15) is 23.3 Å². The van der Waals surface area contributed by atoms with Gasteiger partial charge in [-0.3, -0.25) is 14.9 Å². The van der Waals surface area contributed by atoms with Gasteiger partial charge in [-0.1, -0.05) is 36.4 Å². The Bertz CT molecular complexity index is 1950. The zero-order chi connectivity index (χ0) is 30.1. The van der Waals surface area contributed by atoms with Gasteiger partial charge < -0.3 is 10.2 Å². The fourth-order valence-corrected chi connectivity index (χ4v) is 6.91. The first-order valence-electron chi connectivity index (χ1n) is 13.3. The van der Waals surface area contributed by atoms with Crippen molar-refractivity contribution in [1.29, 1.82) is 0 Å². The first kappa shape index (κ1) is 28.4. The number of nitrogens with one attached hydrogen (secondary N) is 1. The highest BCUT2D eigenvalue weighted by molar-refractivity contribution is 9.10. The summed E-state index contributed by atoms with van der Waals surface area (Å²) < 4.78 is 29.0. The maximum absolute atomic E-state index is 13.6. The summed E-state index contributed by atoms with van der Waals surface area (Å²) in [7, 11) is -3.88. The van der Waals surface area contributed by atoms with Gasteiger partial charge in [0.1, 0.15) is 11.9 Å². The number of hydrogen-bond donors (Lipinski definition) is 1. The Morgan fingerprint density at radius 2 is 1.79 bits per heavy atom. The Morgan fingerprint density at radius 3 is 2.53 bits per heavy atom. The summed E-state index contributed by atoms with van der Waals surface area (Å²) in [6, 6.07) is 17.9. The maximum Gasteiger partial charge on any atom is 0.287 e. The average Bonchev–Trinajstić information content (AvgIpc) is 3.43. The summed E-state index contributed by atoms with van der Waals surface area (Å²) in [5.41, 5.74) is 1.59. The number of para-hydroxylation sites is 1. The van der Waals surface area contributed by atoms with E-state index in [0.29, 0.717) is 45.7 Å². The Labute approximate surface area is 254 Å². The number of likely N-dealkylation sites (tertiary alicyclic amines) is 1. The zero-order valence-corrected chi connectivity index (χ0v) is 24.9. The van der Waals surface area contributed by atoms with Gasteiger partial charge in [0.2, 0.25) is 5.95 Å². The maximum atomic E-state index is 13.6. The summed E-state index contributed by atoms with van der Waals surface area (Å²) in [4.78, 5) is 38.4. The number of nitro groups is 1. The monoisotopic (exact) mass is 661 g/mol. The van der Waals surface area contributed by atoms with Crippen molar-refractivity contribution in [3.05, 3.63) is 106 Å². The molecule has 6 rings (SSSR count). The van der Waals surface area contributed by atoms with Crippen molar-refractivity contribution in [3.8, 4) is 11.3 Å². The van der Waals surface area contributed by atoms with Crippen LogP contribution >= 0.6 is 15.9 Å². The number of benzene rings is 2. The van der Waals surface area contributed by atoms with Crippen molar-refractivity contribution in [2.24, 2.45) is 0 Å². The van der Waals surface area contributed by atoms with E-state index in [-0.39, 0.29) is 28.2 Å². The lowest BCUT2D eigenvalue weighted by Gasteiger charge is -2.33. The molecule has 1 aliphatic rings. The SMILES string of the molecule is O=C(c1ccc([N+](=O)[O-])cn1)N1CCC[C@@H](Nc2ncc(Br)c(-c3cn(S(=O)(=O)c4ccccc4)c4ccccc34)n2)C1. The smallest absolute Gasteiger partial charge is 0.287 e. The van der Waals surface area contributed by atoms with E-state index < -0.39 is 14.9 Å². The van der Waals surface area contributed by atoms with Gasteiger partial charge in [-0.05, 0) is 53.0 Å². The van der Waals surface area contributed by atoms with Gasteiger partial charge in [0.15, 0.2) is 0 Å². The van der Waals surface area contributed by atoms with Gasteiger partial charge >= 0.3 is 0 Å². The Morgan fingerprint density at radius 1 is 1.02 bits per heavy atom. The third kappa shape index (κ3) is 5.58. The van der Waals surface area contributed by atoms with Crippen LogP contribution in [0.15, 0.2) is 94.7 Å². The van der Waals surface area contributed by atoms with Crippen molar-refractivity contribution in [2.75, 3.05) is 18.4 Å². The predicted molar refractivity (Wildman–Crippen MR) is 163 cm³/mol.